The van der Waals surface area contributed by atoms with E-state index in [1.807, 2.05) is 0 Å². The van der Waals surface area contributed by atoms with Crippen molar-refractivity contribution < 1.29 is 17.6 Å². The van der Waals surface area contributed by atoms with Crippen molar-refractivity contribution in [3.05, 3.63) is 75.5 Å². The van der Waals surface area contributed by atoms with Gasteiger partial charge in [0.15, 0.2) is 9.84 Å². The molecule has 0 unspecified atom stereocenters. The van der Waals surface area contributed by atoms with Gasteiger partial charge in [0.05, 0.1) is 0 Å². The minimum atomic E-state index is -3.61. The Morgan fingerprint density at radius 3 is 2.32 bits per heavy atom. The number of carbonyl (C=O) groups is 1. The number of hydrogen-bond acceptors (Lipinski definition) is 5. The molecule has 0 radical (unpaired) electrons. The van der Waals surface area contributed by atoms with E-state index in [0.717, 1.165) is 11.3 Å². The van der Waals surface area contributed by atoms with E-state index < -0.39 is 26.8 Å². The van der Waals surface area contributed by atoms with Gasteiger partial charge in [-0.2, -0.15) is 0 Å². The Balaban J connectivity index is 1.82. The van der Waals surface area contributed by atoms with E-state index in [-0.39, 0.29) is 16.3 Å². The number of halogens is 1. The van der Waals surface area contributed by atoms with E-state index in [1.54, 1.807) is 35.0 Å². The molecule has 130 valence electrons. The van der Waals surface area contributed by atoms with Gasteiger partial charge in [0.25, 0.3) is 5.91 Å². The van der Waals surface area contributed by atoms with Crippen LogP contribution < -0.4 is 5.32 Å². The van der Waals surface area contributed by atoms with Gasteiger partial charge in [0, 0.05) is 17.0 Å². The Labute approximate surface area is 152 Å². The number of hydrogen-bond donors (Lipinski definition) is 1. The van der Waals surface area contributed by atoms with Crippen molar-refractivity contribution in [2.45, 2.75) is 9.46 Å². The number of carbonyl (C=O) groups excluding carboxylic acids is 1. The van der Waals surface area contributed by atoms with Crippen molar-refractivity contribution in [3.8, 4) is 0 Å². The summed E-state index contributed by atoms with van der Waals surface area (Å²) in [5, 5.41) is 5.28. The highest BCUT2D eigenvalue weighted by atomic mass is 32.2. The normalized spacial score (nSPS) is 12.7. The van der Waals surface area contributed by atoms with Crippen LogP contribution in [-0.2, 0) is 9.84 Å². The lowest BCUT2D eigenvalue weighted by Crippen LogP contribution is -2.31. The van der Waals surface area contributed by atoms with Gasteiger partial charge in [-0.15, -0.1) is 22.7 Å². The molecule has 1 atom stereocenters. The van der Waals surface area contributed by atoms with Crippen molar-refractivity contribution in [1.29, 1.82) is 0 Å². The number of sulfone groups is 1. The standard InChI is InChI=1S/C17H14FNO3S3/c18-13-7-5-12(6-8-13)17(20)19-11-15(14-3-1-9-23-14)25(21,22)16-4-2-10-24-16/h1-10,15H,11H2,(H,19,20)/t15-/m1/s1. The Hall–Kier alpha value is -2.03. The van der Waals surface area contributed by atoms with Gasteiger partial charge >= 0.3 is 0 Å². The molecular weight excluding hydrogens is 381 g/mol. The Kier molecular flexibility index (Phi) is 5.31. The smallest absolute Gasteiger partial charge is 0.251 e. The predicted octanol–water partition coefficient (Wildman–Crippen LogP) is 3.89. The van der Waals surface area contributed by atoms with Gasteiger partial charge in [-0.05, 0) is 47.2 Å². The highest BCUT2D eigenvalue weighted by Crippen LogP contribution is 2.33. The summed E-state index contributed by atoms with van der Waals surface area (Å²) in [6.45, 7) is -0.0586. The average Bonchev–Trinajstić information content (AvgIpc) is 3.29. The molecule has 0 saturated heterocycles. The van der Waals surface area contributed by atoms with E-state index in [4.69, 9.17) is 0 Å². The summed E-state index contributed by atoms with van der Waals surface area (Å²) < 4.78 is 39.0. The van der Waals surface area contributed by atoms with Crippen LogP contribution in [0.2, 0.25) is 0 Å². The Morgan fingerprint density at radius 1 is 1.04 bits per heavy atom. The van der Waals surface area contributed by atoms with E-state index in [9.17, 15) is 17.6 Å². The number of thiophene rings is 2. The molecule has 8 heteroatoms. The third-order valence-electron chi connectivity index (χ3n) is 3.57. The zero-order valence-corrected chi connectivity index (χ0v) is 15.3. The molecule has 1 amide bonds. The van der Waals surface area contributed by atoms with Crippen LogP contribution in [0.4, 0.5) is 4.39 Å². The average molecular weight is 396 g/mol. The first-order valence-corrected chi connectivity index (χ1v) is 10.6. The summed E-state index contributed by atoms with van der Waals surface area (Å²) in [5.41, 5.74) is 0.278. The molecule has 0 bridgehead atoms. The van der Waals surface area contributed by atoms with Crippen molar-refractivity contribution in [2.75, 3.05) is 6.54 Å². The minimum absolute atomic E-state index is 0.0586. The fraction of sp³-hybridized carbons (Fsp3) is 0.118. The SMILES string of the molecule is O=C(NC[C@H](c1cccs1)S(=O)(=O)c1cccs1)c1ccc(F)cc1. The van der Waals surface area contributed by atoms with Gasteiger partial charge in [-0.25, -0.2) is 12.8 Å². The summed E-state index contributed by atoms with van der Waals surface area (Å²) in [7, 11) is -3.61. The molecule has 2 heterocycles. The predicted molar refractivity (Wildman–Crippen MR) is 97.3 cm³/mol. The topological polar surface area (TPSA) is 63.2 Å². The first-order valence-electron chi connectivity index (χ1n) is 7.33. The van der Waals surface area contributed by atoms with E-state index in [2.05, 4.69) is 5.32 Å². The van der Waals surface area contributed by atoms with Crippen molar-refractivity contribution in [2.24, 2.45) is 0 Å². The van der Waals surface area contributed by atoms with Crippen LogP contribution in [0.1, 0.15) is 20.5 Å². The number of nitrogens with one attached hydrogen (secondary N) is 1. The summed E-state index contributed by atoms with van der Waals surface area (Å²) >= 11 is 2.48. The summed E-state index contributed by atoms with van der Waals surface area (Å²) in [4.78, 5) is 12.9. The third kappa shape index (κ3) is 3.97. The summed E-state index contributed by atoms with van der Waals surface area (Å²) in [5.74, 6) is -0.878. The molecule has 0 saturated carbocycles. The first-order chi connectivity index (χ1) is 12.0. The molecule has 0 fully saturated rings. The number of rotatable bonds is 6. The van der Waals surface area contributed by atoms with Crippen LogP contribution in [0.25, 0.3) is 0 Å². The van der Waals surface area contributed by atoms with E-state index in [0.29, 0.717) is 4.88 Å². The summed E-state index contributed by atoms with van der Waals surface area (Å²) in [6, 6.07) is 11.9. The Bertz CT molecular complexity index is 934. The minimum Gasteiger partial charge on any atom is -0.350 e. The van der Waals surface area contributed by atoms with Gasteiger partial charge < -0.3 is 5.32 Å². The molecule has 0 aliphatic rings. The van der Waals surface area contributed by atoms with Crippen LogP contribution in [0, 0.1) is 5.82 Å². The van der Waals surface area contributed by atoms with Crippen molar-refractivity contribution >= 4 is 38.4 Å². The molecular formula is C17H14FNO3S3. The largest absolute Gasteiger partial charge is 0.350 e. The van der Waals surface area contributed by atoms with Gasteiger partial charge in [0.1, 0.15) is 15.3 Å². The highest BCUT2D eigenvalue weighted by Gasteiger charge is 2.31. The lowest BCUT2D eigenvalue weighted by molar-refractivity contribution is 0.0953. The lowest BCUT2D eigenvalue weighted by Gasteiger charge is -2.16. The lowest BCUT2D eigenvalue weighted by atomic mass is 10.2. The Morgan fingerprint density at radius 2 is 1.72 bits per heavy atom. The second-order valence-electron chi connectivity index (χ2n) is 5.20. The maximum Gasteiger partial charge on any atom is 0.251 e. The van der Waals surface area contributed by atoms with E-state index >= 15 is 0 Å². The van der Waals surface area contributed by atoms with Crippen LogP contribution in [0.15, 0.2) is 63.5 Å². The van der Waals surface area contributed by atoms with Gasteiger partial charge in [-0.3, -0.25) is 4.79 Å². The van der Waals surface area contributed by atoms with Crippen LogP contribution >= 0.6 is 22.7 Å². The fourth-order valence-corrected chi connectivity index (χ4v) is 6.28. The highest BCUT2D eigenvalue weighted by molar-refractivity contribution is 7.93. The molecule has 4 nitrogen and oxygen atoms in total. The molecule has 1 aromatic carbocycles. The van der Waals surface area contributed by atoms with Crippen LogP contribution in [0.3, 0.4) is 0 Å². The number of benzene rings is 1. The molecule has 3 aromatic rings. The summed E-state index contributed by atoms with van der Waals surface area (Å²) in [6.07, 6.45) is 0. The molecule has 0 spiro atoms. The maximum atomic E-state index is 13.0. The quantitative estimate of drug-likeness (QED) is 0.689. The second-order valence-corrected chi connectivity index (χ2v) is 9.48. The second kappa shape index (κ2) is 7.47. The third-order valence-corrected chi connectivity index (χ3v) is 8.21. The fourth-order valence-electron chi connectivity index (χ4n) is 2.29. The van der Waals surface area contributed by atoms with E-state index in [1.165, 1.54) is 35.6 Å². The monoisotopic (exact) mass is 395 g/mol. The molecule has 3 rings (SSSR count). The molecule has 2 aromatic heterocycles. The zero-order valence-electron chi connectivity index (χ0n) is 12.9. The van der Waals surface area contributed by atoms with Crippen molar-refractivity contribution in [1.82, 2.24) is 5.32 Å². The molecule has 0 aliphatic heterocycles. The number of amides is 1. The van der Waals surface area contributed by atoms with Crippen molar-refractivity contribution in [3.63, 3.8) is 0 Å². The molecule has 25 heavy (non-hydrogen) atoms. The van der Waals surface area contributed by atoms with Crippen LogP contribution in [-0.4, -0.2) is 20.9 Å². The van der Waals surface area contributed by atoms with Gasteiger partial charge in [-0.1, -0.05) is 12.1 Å². The first kappa shape index (κ1) is 17.8. The maximum absolute atomic E-state index is 13.0. The molecule has 0 aliphatic carbocycles. The zero-order chi connectivity index (χ0) is 17.9. The van der Waals surface area contributed by atoms with Gasteiger partial charge in [0.2, 0.25) is 0 Å². The van der Waals surface area contributed by atoms with Crippen LogP contribution in [0.5, 0.6) is 0 Å². The molecule has 1 N–H and O–H groups in total.